The van der Waals surface area contributed by atoms with Crippen LogP contribution in [0.2, 0.25) is 0 Å². The summed E-state index contributed by atoms with van der Waals surface area (Å²) in [5, 5.41) is 0. The highest BCUT2D eigenvalue weighted by Gasteiger charge is 1.99. The van der Waals surface area contributed by atoms with Gasteiger partial charge >= 0.3 is 0 Å². The van der Waals surface area contributed by atoms with Gasteiger partial charge in [-0.25, -0.2) is 4.98 Å². The largest absolute Gasteiger partial charge is 0.304 e. The molecule has 0 aliphatic heterocycles. The lowest BCUT2D eigenvalue weighted by molar-refractivity contribution is 1.04. The molecule has 2 heteroatoms. The first-order valence-corrected chi connectivity index (χ1v) is 4.03. The number of nitrogens with zero attached hydrogens (tertiary/aromatic N) is 2. The van der Waals surface area contributed by atoms with E-state index in [1.54, 1.807) is 0 Å². The minimum atomic E-state index is 0.782. The number of rotatable bonds is 1. The van der Waals surface area contributed by atoms with Crippen LogP contribution in [0.25, 0.3) is 5.65 Å². The lowest BCUT2D eigenvalue weighted by Gasteiger charge is -1.98. The number of aromatic nitrogens is 2. The second-order valence-electron chi connectivity index (χ2n) is 2.93. The van der Waals surface area contributed by atoms with E-state index in [1.807, 2.05) is 12.4 Å². The number of hydrogen-bond acceptors (Lipinski definition) is 1. The molecule has 0 unspecified atom stereocenters. The normalized spacial score (nSPS) is 10.8. The Bertz CT molecular complexity index is 401. The van der Waals surface area contributed by atoms with Gasteiger partial charge in [0.25, 0.3) is 0 Å². The Hall–Kier alpha value is -1.31. The van der Waals surface area contributed by atoms with E-state index in [1.165, 1.54) is 5.56 Å². The van der Waals surface area contributed by atoms with Gasteiger partial charge in [0.1, 0.15) is 5.65 Å². The van der Waals surface area contributed by atoms with Crippen molar-refractivity contribution >= 4 is 5.65 Å². The second kappa shape index (κ2) is 2.63. The van der Waals surface area contributed by atoms with Crippen LogP contribution in [0.15, 0.2) is 24.5 Å². The van der Waals surface area contributed by atoms with Crippen molar-refractivity contribution in [2.24, 2.45) is 0 Å². The Morgan fingerprint density at radius 1 is 1.58 bits per heavy atom. The molecule has 0 saturated heterocycles. The molecule has 0 N–H and O–H groups in total. The van der Waals surface area contributed by atoms with Crippen LogP contribution in [-0.2, 0) is 6.42 Å². The molecular weight excluding hydrogens is 148 g/mol. The quantitative estimate of drug-likeness (QED) is 0.622. The third kappa shape index (κ3) is 0.998. The first-order chi connectivity index (χ1) is 5.81. The summed E-state index contributed by atoms with van der Waals surface area (Å²) >= 11 is 0. The van der Waals surface area contributed by atoms with Crippen molar-refractivity contribution in [2.75, 3.05) is 0 Å². The smallest absolute Gasteiger partial charge is 0.137 e. The van der Waals surface area contributed by atoms with Crippen molar-refractivity contribution < 1.29 is 0 Å². The van der Waals surface area contributed by atoms with Gasteiger partial charge in [-0.2, -0.15) is 0 Å². The molecule has 0 aromatic carbocycles. The van der Waals surface area contributed by atoms with Gasteiger partial charge in [-0.1, -0.05) is 0 Å². The monoisotopic (exact) mass is 159 g/mol. The fraction of sp³-hybridized carbons (Fsp3) is 0.200. The summed E-state index contributed by atoms with van der Waals surface area (Å²) in [6.07, 6.45) is 4.70. The maximum Gasteiger partial charge on any atom is 0.137 e. The van der Waals surface area contributed by atoms with E-state index >= 15 is 0 Å². The average molecular weight is 159 g/mol. The van der Waals surface area contributed by atoms with Crippen LogP contribution in [0.5, 0.6) is 0 Å². The molecule has 0 spiro atoms. The van der Waals surface area contributed by atoms with Gasteiger partial charge in [0.2, 0.25) is 0 Å². The molecule has 2 nitrogen and oxygen atoms in total. The van der Waals surface area contributed by atoms with Crippen LogP contribution in [-0.4, -0.2) is 9.38 Å². The summed E-state index contributed by atoms with van der Waals surface area (Å²) in [6.45, 7) is 5.91. The third-order valence-electron chi connectivity index (χ3n) is 2.00. The Labute approximate surface area is 71.9 Å². The predicted molar refractivity (Wildman–Crippen MR) is 49.0 cm³/mol. The van der Waals surface area contributed by atoms with Crippen LogP contribution in [0, 0.1) is 13.8 Å². The molecule has 0 saturated carbocycles. The third-order valence-corrected chi connectivity index (χ3v) is 2.00. The molecule has 12 heavy (non-hydrogen) atoms. The first-order valence-electron chi connectivity index (χ1n) is 4.03. The van der Waals surface area contributed by atoms with E-state index in [2.05, 4.69) is 35.4 Å². The zero-order valence-electron chi connectivity index (χ0n) is 7.12. The fourth-order valence-electron chi connectivity index (χ4n) is 1.32. The van der Waals surface area contributed by atoms with Gasteiger partial charge in [0.15, 0.2) is 0 Å². The van der Waals surface area contributed by atoms with E-state index in [0.29, 0.717) is 0 Å². The van der Waals surface area contributed by atoms with Crippen molar-refractivity contribution in [2.45, 2.75) is 13.3 Å². The summed E-state index contributed by atoms with van der Waals surface area (Å²) in [4.78, 5) is 4.27. The molecule has 2 rings (SSSR count). The standard InChI is InChI=1S/C10H11N2/c1-3-9-7-11-10-6-8(2)4-5-12(9)10/h4-7H,1,3H2,2H3. The Morgan fingerprint density at radius 2 is 2.42 bits per heavy atom. The van der Waals surface area contributed by atoms with Gasteiger partial charge in [0, 0.05) is 18.1 Å². The highest BCUT2D eigenvalue weighted by molar-refractivity contribution is 5.42. The van der Waals surface area contributed by atoms with Crippen LogP contribution >= 0.6 is 0 Å². The molecule has 2 aromatic heterocycles. The van der Waals surface area contributed by atoms with E-state index < -0.39 is 0 Å². The van der Waals surface area contributed by atoms with Crippen LogP contribution in [0.3, 0.4) is 0 Å². The molecule has 0 fully saturated rings. The number of pyridine rings is 1. The number of fused-ring (bicyclic) bond motifs is 1. The molecule has 2 aromatic rings. The Kier molecular flexibility index (Phi) is 1.61. The zero-order valence-corrected chi connectivity index (χ0v) is 7.12. The van der Waals surface area contributed by atoms with Gasteiger partial charge < -0.3 is 4.40 Å². The van der Waals surface area contributed by atoms with E-state index in [-0.39, 0.29) is 0 Å². The molecule has 0 atom stereocenters. The molecule has 0 bridgehead atoms. The summed E-state index contributed by atoms with van der Waals surface area (Å²) in [5.41, 5.74) is 3.40. The van der Waals surface area contributed by atoms with Gasteiger partial charge in [0.05, 0.1) is 0 Å². The molecule has 0 aliphatic rings. The summed E-state index contributed by atoms with van der Waals surface area (Å²) < 4.78 is 2.07. The maximum atomic E-state index is 4.27. The summed E-state index contributed by atoms with van der Waals surface area (Å²) in [6, 6.07) is 4.15. The van der Waals surface area contributed by atoms with Crippen molar-refractivity contribution in [3.8, 4) is 0 Å². The van der Waals surface area contributed by atoms with E-state index in [4.69, 9.17) is 0 Å². The highest BCUT2D eigenvalue weighted by atomic mass is 15.0. The molecule has 0 aliphatic carbocycles. The highest BCUT2D eigenvalue weighted by Crippen LogP contribution is 2.08. The lowest BCUT2D eigenvalue weighted by atomic mass is 10.3. The summed E-state index contributed by atoms with van der Waals surface area (Å²) in [7, 11) is 0. The summed E-state index contributed by atoms with van der Waals surface area (Å²) in [5.74, 6) is 0. The van der Waals surface area contributed by atoms with Crippen molar-refractivity contribution in [3.63, 3.8) is 0 Å². The zero-order chi connectivity index (χ0) is 8.55. The maximum absolute atomic E-state index is 4.27. The molecule has 1 radical (unpaired) electrons. The molecule has 61 valence electrons. The topological polar surface area (TPSA) is 17.3 Å². The van der Waals surface area contributed by atoms with Crippen LogP contribution in [0.1, 0.15) is 11.3 Å². The van der Waals surface area contributed by atoms with Gasteiger partial charge in [-0.3, -0.25) is 0 Å². The Balaban J connectivity index is 2.73. The van der Waals surface area contributed by atoms with Crippen molar-refractivity contribution in [1.29, 1.82) is 0 Å². The van der Waals surface area contributed by atoms with Crippen molar-refractivity contribution in [1.82, 2.24) is 9.38 Å². The minimum Gasteiger partial charge on any atom is -0.304 e. The number of aryl methyl sites for hydroxylation is 1. The number of hydrogen-bond donors (Lipinski definition) is 0. The first kappa shape index (κ1) is 7.35. The molecule has 2 heterocycles. The van der Waals surface area contributed by atoms with Crippen LogP contribution < -0.4 is 0 Å². The van der Waals surface area contributed by atoms with Gasteiger partial charge in [-0.05, 0) is 38.0 Å². The van der Waals surface area contributed by atoms with Crippen LogP contribution in [0.4, 0.5) is 0 Å². The minimum absolute atomic E-state index is 0.782. The number of imidazole rings is 1. The Morgan fingerprint density at radius 3 is 3.17 bits per heavy atom. The second-order valence-corrected chi connectivity index (χ2v) is 2.93. The average Bonchev–Trinajstić information content (AvgIpc) is 2.46. The molecular formula is C10H11N2. The van der Waals surface area contributed by atoms with Gasteiger partial charge in [-0.15, -0.1) is 0 Å². The molecule has 0 amide bonds. The van der Waals surface area contributed by atoms with E-state index in [9.17, 15) is 0 Å². The predicted octanol–water partition coefficient (Wildman–Crippen LogP) is 2.02. The SMILES string of the molecule is [CH2]Cc1cnc2cc(C)ccn12. The van der Waals surface area contributed by atoms with Crippen molar-refractivity contribution in [3.05, 3.63) is 42.7 Å². The fourth-order valence-corrected chi connectivity index (χ4v) is 1.32. The lowest BCUT2D eigenvalue weighted by Crippen LogP contribution is -1.90. The van der Waals surface area contributed by atoms with E-state index in [0.717, 1.165) is 17.8 Å².